The Morgan fingerprint density at radius 3 is 2.88 bits per heavy atom. The van der Waals surface area contributed by atoms with Crippen LogP contribution in [0.15, 0.2) is 51.9 Å². The predicted octanol–water partition coefficient (Wildman–Crippen LogP) is 2.39. The van der Waals surface area contributed by atoms with Gasteiger partial charge in [0.25, 0.3) is 5.91 Å². The number of hydrogen-bond acceptors (Lipinski definition) is 5. The van der Waals surface area contributed by atoms with Crippen molar-refractivity contribution in [3.63, 3.8) is 0 Å². The molecule has 1 saturated carbocycles. The van der Waals surface area contributed by atoms with Gasteiger partial charge in [-0.2, -0.15) is 0 Å². The molecule has 1 aromatic carbocycles. The van der Waals surface area contributed by atoms with E-state index in [-0.39, 0.29) is 17.7 Å². The van der Waals surface area contributed by atoms with E-state index < -0.39 is 5.91 Å². The topological polar surface area (TPSA) is 85.1 Å². The Labute approximate surface area is 137 Å². The van der Waals surface area contributed by atoms with Gasteiger partial charge in [-0.25, -0.2) is 9.97 Å². The lowest BCUT2D eigenvalue weighted by Gasteiger charge is -2.06. The van der Waals surface area contributed by atoms with Crippen molar-refractivity contribution < 1.29 is 9.21 Å². The Morgan fingerprint density at radius 1 is 1.21 bits per heavy atom. The van der Waals surface area contributed by atoms with Crippen LogP contribution in [-0.4, -0.2) is 15.9 Å². The summed E-state index contributed by atoms with van der Waals surface area (Å²) < 4.78 is 5.52. The van der Waals surface area contributed by atoms with Gasteiger partial charge < -0.3 is 9.73 Å². The molecule has 120 valence electrons. The average Bonchev–Trinajstić information content (AvgIpc) is 3.45. The largest absolute Gasteiger partial charge is 0.451 e. The third-order valence-corrected chi connectivity index (χ3v) is 4.03. The number of fused-ring (bicyclic) bond motifs is 1. The molecule has 0 bridgehead atoms. The molecule has 6 heteroatoms. The summed E-state index contributed by atoms with van der Waals surface area (Å²) in [5.74, 6) is 0.0839. The Kier molecular flexibility index (Phi) is 3.57. The molecule has 2 aromatic heterocycles. The van der Waals surface area contributed by atoms with Crippen LogP contribution in [0.25, 0.3) is 11.0 Å². The summed E-state index contributed by atoms with van der Waals surface area (Å²) in [7, 11) is 0. The Bertz CT molecular complexity index is 976. The summed E-state index contributed by atoms with van der Waals surface area (Å²) in [6.45, 7) is 0.262. The Hall–Kier alpha value is -3.02. The van der Waals surface area contributed by atoms with Gasteiger partial charge in [-0.1, -0.05) is 12.1 Å². The second kappa shape index (κ2) is 5.88. The number of para-hydroxylation sites is 1. The van der Waals surface area contributed by atoms with Gasteiger partial charge in [0.15, 0.2) is 11.2 Å². The number of benzene rings is 1. The molecule has 6 nitrogen and oxygen atoms in total. The molecule has 0 radical (unpaired) electrons. The number of nitrogens with one attached hydrogen (secondary N) is 1. The van der Waals surface area contributed by atoms with Gasteiger partial charge in [0, 0.05) is 17.7 Å². The lowest BCUT2D eigenvalue weighted by molar-refractivity contribution is 0.0923. The fraction of sp³-hybridized carbons (Fsp3) is 0.222. The van der Waals surface area contributed by atoms with E-state index in [0.29, 0.717) is 16.9 Å². The first-order chi connectivity index (χ1) is 11.7. The smallest absolute Gasteiger partial charge is 0.287 e. The van der Waals surface area contributed by atoms with Crippen LogP contribution in [0.1, 0.15) is 40.7 Å². The number of carbonyl (C=O) groups is 1. The van der Waals surface area contributed by atoms with E-state index in [1.165, 1.54) is 12.4 Å². The number of hydrogen-bond donors (Lipinski definition) is 1. The first kappa shape index (κ1) is 14.6. The standard InChI is InChI=1S/C18H15N3O3/c22-15-8-17(24-16-4-2-1-3-13(15)16)18(23)19-9-12-7-14(11-5-6-11)21-10-20-12/h1-4,7-8,10-11H,5-6,9H2,(H,19,23). The van der Waals surface area contributed by atoms with Gasteiger partial charge in [0.1, 0.15) is 11.9 Å². The maximum atomic E-state index is 12.3. The van der Waals surface area contributed by atoms with Crippen molar-refractivity contribution in [3.05, 3.63) is 70.1 Å². The van der Waals surface area contributed by atoms with Crippen LogP contribution in [0.3, 0.4) is 0 Å². The highest BCUT2D eigenvalue weighted by Crippen LogP contribution is 2.38. The van der Waals surface area contributed by atoms with Crippen molar-refractivity contribution in [2.45, 2.75) is 25.3 Å². The molecule has 0 unspecified atom stereocenters. The Balaban J connectivity index is 1.52. The molecular weight excluding hydrogens is 306 g/mol. The average molecular weight is 321 g/mol. The molecule has 1 fully saturated rings. The van der Waals surface area contributed by atoms with Crippen molar-refractivity contribution in [2.75, 3.05) is 0 Å². The first-order valence-corrected chi connectivity index (χ1v) is 7.82. The predicted molar refractivity (Wildman–Crippen MR) is 87.7 cm³/mol. The van der Waals surface area contributed by atoms with E-state index in [2.05, 4.69) is 15.3 Å². The number of carbonyl (C=O) groups excluding carboxylic acids is 1. The van der Waals surface area contributed by atoms with Gasteiger partial charge in [0.05, 0.1) is 17.6 Å². The minimum atomic E-state index is -0.440. The third-order valence-electron chi connectivity index (χ3n) is 4.03. The highest BCUT2D eigenvalue weighted by atomic mass is 16.3. The van der Waals surface area contributed by atoms with Crippen LogP contribution >= 0.6 is 0 Å². The zero-order valence-electron chi connectivity index (χ0n) is 12.9. The number of rotatable bonds is 4. The van der Waals surface area contributed by atoms with E-state index in [1.54, 1.807) is 24.3 Å². The molecule has 0 spiro atoms. The van der Waals surface area contributed by atoms with Crippen LogP contribution in [0.4, 0.5) is 0 Å². The lowest BCUT2D eigenvalue weighted by atomic mass is 10.2. The van der Waals surface area contributed by atoms with Crippen molar-refractivity contribution in [3.8, 4) is 0 Å². The number of aromatic nitrogens is 2. The first-order valence-electron chi connectivity index (χ1n) is 7.82. The van der Waals surface area contributed by atoms with Crippen LogP contribution in [0.2, 0.25) is 0 Å². The molecule has 3 aromatic rings. The summed E-state index contributed by atoms with van der Waals surface area (Å²) >= 11 is 0. The third kappa shape index (κ3) is 2.90. The van der Waals surface area contributed by atoms with Crippen LogP contribution in [0.5, 0.6) is 0 Å². The highest BCUT2D eigenvalue weighted by molar-refractivity contribution is 5.93. The summed E-state index contributed by atoms with van der Waals surface area (Å²) in [5.41, 5.74) is 1.92. The van der Waals surface area contributed by atoms with Crippen molar-refractivity contribution in [2.24, 2.45) is 0 Å². The summed E-state index contributed by atoms with van der Waals surface area (Å²) in [6, 6.07) is 9.98. The monoisotopic (exact) mass is 321 g/mol. The van der Waals surface area contributed by atoms with Gasteiger partial charge in [-0.05, 0) is 31.0 Å². The van der Waals surface area contributed by atoms with Gasteiger partial charge in [-0.3, -0.25) is 9.59 Å². The maximum absolute atomic E-state index is 12.3. The molecular formula is C18H15N3O3. The molecule has 0 aliphatic heterocycles. The second-order valence-corrected chi connectivity index (χ2v) is 5.86. The van der Waals surface area contributed by atoms with E-state index in [9.17, 15) is 9.59 Å². The van der Waals surface area contributed by atoms with E-state index in [0.717, 1.165) is 24.2 Å². The fourth-order valence-electron chi connectivity index (χ4n) is 2.59. The molecule has 0 atom stereocenters. The van der Waals surface area contributed by atoms with Crippen LogP contribution < -0.4 is 10.7 Å². The summed E-state index contributed by atoms with van der Waals surface area (Å²) in [6.07, 6.45) is 3.83. The summed E-state index contributed by atoms with van der Waals surface area (Å²) in [5, 5.41) is 3.19. The zero-order chi connectivity index (χ0) is 16.5. The van der Waals surface area contributed by atoms with E-state index >= 15 is 0 Å². The molecule has 2 heterocycles. The van der Waals surface area contributed by atoms with E-state index in [1.807, 2.05) is 6.07 Å². The zero-order valence-corrected chi connectivity index (χ0v) is 12.9. The SMILES string of the molecule is O=C(NCc1cc(C2CC2)ncn1)c1cc(=O)c2ccccc2o1. The van der Waals surface area contributed by atoms with Crippen LogP contribution in [-0.2, 0) is 6.54 Å². The molecule has 1 amide bonds. The maximum Gasteiger partial charge on any atom is 0.287 e. The lowest BCUT2D eigenvalue weighted by Crippen LogP contribution is -2.24. The Morgan fingerprint density at radius 2 is 2.04 bits per heavy atom. The van der Waals surface area contributed by atoms with Crippen molar-refractivity contribution in [1.82, 2.24) is 15.3 Å². The van der Waals surface area contributed by atoms with Gasteiger partial charge in [0.2, 0.25) is 0 Å². The minimum absolute atomic E-state index is 0.00447. The summed E-state index contributed by atoms with van der Waals surface area (Å²) in [4.78, 5) is 32.7. The normalized spacial score (nSPS) is 13.8. The van der Waals surface area contributed by atoms with Gasteiger partial charge in [-0.15, -0.1) is 0 Å². The van der Waals surface area contributed by atoms with Gasteiger partial charge >= 0.3 is 0 Å². The molecule has 1 aliphatic carbocycles. The number of nitrogens with zero attached hydrogens (tertiary/aromatic N) is 2. The second-order valence-electron chi connectivity index (χ2n) is 5.86. The van der Waals surface area contributed by atoms with Crippen molar-refractivity contribution >= 4 is 16.9 Å². The molecule has 1 N–H and O–H groups in total. The molecule has 4 rings (SSSR count). The molecule has 1 aliphatic rings. The highest BCUT2D eigenvalue weighted by Gasteiger charge is 2.25. The number of amides is 1. The quantitative estimate of drug-likeness (QED) is 0.797. The van der Waals surface area contributed by atoms with Crippen molar-refractivity contribution in [1.29, 1.82) is 0 Å². The minimum Gasteiger partial charge on any atom is -0.451 e. The van der Waals surface area contributed by atoms with E-state index in [4.69, 9.17) is 4.42 Å². The fourth-order valence-corrected chi connectivity index (χ4v) is 2.59. The molecule has 24 heavy (non-hydrogen) atoms. The molecule has 0 saturated heterocycles. The van der Waals surface area contributed by atoms with Crippen LogP contribution in [0, 0.1) is 0 Å².